The molecule has 0 bridgehead atoms. The Morgan fingerprint density at radius 2 is 1.63 bits per heavy atom. The third-order valence-electron chi connectivity index (χ3n) is 6.72. The normalized spacial score (nSPS) is 14.5. The number of rotatable bonds is 7. The summed E-state index contributed by atoms with van der Waals surface area (Å²) in [5.41, 5.74) is 3.12. The Bertz CT molecular complexity index is 1680. The van der Waals surface area contributed by atoms with Gasteiger partial charge in [0.25, 0.3) is 5.91 Å². The second-order valence-electron chi connectivity index (χ2n) is 9.05. The lowest BCUT2D eigenvalue weighted by molar-refractivity contribution is 0.0714. The van der Waals surface area contributed by atoms with Crippen molar-refractivity contribution in [3.05, 3.63) is 136 Å². The monoisotopic (exact) mass is 504 g/mol. The number of hydrogen-bond donors (Lipinski definition) is 0. The molecule has 6 rings (SSSR count). The summed E-state index contributed by atoms with van der Waals surface area (Å²) in [5.74, 6) is 0.799. The minimum atomic E-state index is -0.663. The number of pyridine rings is 1. The van der Waals surface area contributed by atoms with E-state index >= 15 is 0 Å². The SMILES string of the molecule is COc1cc(C2c3c(oc4ccccc4c3=O)C(=O)N2Cc2ccncc2)ccc1OCc1ccccc1. The molecule has 0 aliphatic carbocycles. The van der Waals surface area contributed by atoms with Crippen molar-refractivity contribution >= 4 is 16.9 Å². The molecule has 3 aromatic carbocycles. The molecule has 0 saturated carbocycles. The van der Waals surface area contributed by atoms with E-state index in [-0.39, 0.29) is 23.6 Å². The predicted octanol–water partition coefficient (Wildman–Crippen LogP) is 5.52. The van der Waals surface area contributed by atoms with Gasteiger partial charge in [-0.2, -0.15) is 0 Å². The minimum Gasteiger partial charge on any atom is -0.493 e. The molecule has 2 aromatic heterocycles. The van der Waals surface area contributed by atoms with Gasteiger partial charge in [0.1, 0.15) is 12.2 Å². The summed E-state index contributed by atoms with van der Waals surface area (Å²) in [6.45, 7) is 0.658. The van der Waals surface area contributed by atoms with Crippen LogP contribution in [0.15, 0.2) is 107 Å². The van der Waals surface area contributed by atoms with E-state index in [0.717, 1.165) is 16.7 Å². The van der Waals surface area contributed by atoms with Gasteiger partial charge in [0, 0.05) is 18.9 Å². The first kappa shape index (κ1) is 23.5. The van der Waals surface area contributed by atoms with Gasteiger partial charge < -0.3 is 18.8 Å². The highest BCUT2D eigenvalue weighted by Crippen LogP contribution is 2.41. The summed E-state index contributed by atoms with van der Waals surface area (Å²) in [5, 5.41) is 0.435. The summed E-state index contributed by atoms with van der Waals surface area (Å²) < 4.78 is 17.7. The molecule has 1 unspecified atom stereocenters. The zero-order valence-corrected chi connectivity index (χ0v) is 20.7. The van der Waals surface area contributed by atoms with Gasteiger partial charge in [-0.3, -0.25) is 14.6 Å². The van der Waals surface area contributed by atoms with E-state index in [1.807, 2.05) is 60.7 Å². The fraction of sp³-hybridized carbons (Fsp3) is 0.129. The van der Waals surface area contributed by atoms with Crippen LogP contribution in [0, 0.1) is 0 Å². The van der Waals surface area contributed by atoms with Crippen LogP contribution in [0.5, 0.6) is 11.5 Å². The molecule has 188 valence electrons. The smallest absolute Gasteiger partial charge is 0.291 e. The number of amides is 1. The molecule has 0 spiro atoms. The Morgan fingerprint density at radius 3 is 2.42 bits per heavy atom. The number of methoxy groups -OCH3 is 1. The predicted molar refractivity (Wildman–Crippen MR) is 142 cm³/mol. The van der Waals surface area contributed by atoms with Crippen LogP contribution >= 0.6 is 0 Å². The largest absolute Gasteiger partial charge is 0.493 e. The highest BCUT2D eigenvalue weighted by atomic mass is 16.5. The fourth-order valence-corrected chi connectivity index (χ4v) is 4.87. The van der Waals surface area contributed by atoms with Crippen molar-refractivity contribution < 1.29 is 18.7 Å². The number of ether oxygens (including phenoxy) is 2. The van der Waals surface area contributed by atoms with Crippen molar-refractivity contribution in [3.63, 3.8) is 0 Å². The number of aromatic nitrogens is 1. The summed E-state index contributed by atoms with van der Waals surface area (Å²) in [6, 6.07) is 25.4. The number of para-hydroxylation sites is 1. The summed E-state index contributed by atoms with van der Waals surface area (Å²) >= 11 is 0. The van der Waals surface area contributed by atoms with Crippen molar-refractivity contribution in [1.29, 1.82) is 0 Å². The topological polar surface area (TPSA) is 81.9 Å². The van der Waals surface area contributed by atoms with E-state index in [0.29, 0.717) is 34.6 Å². The zero-order chi connectivity index (χ0) is 26.1. The van der Waals surface area contributed by atoms with Crippen LogP contribution in [-0.4, -0.2) is 22.9 Å². The standard InChI is InChI=1S/C31H24N2O5/c1-36-26-17-22(11-12-25(26)37-19-21-7-3-2-4-8-21)28-27-29(34)23-9-5-6-10-24(23)38-30(27)31(35)33(28)18-20-13-15-32-16-14-20/h2-17,28H,18-19H2,1H3. The Morgan fingerprint density at radius 1 is 0.868 bits per heavy atom. The second-order valence-corrected chi connectivity index (χ2v) is 9.05. The van der Waals surface area contributed by atoms with Gasteiger partial charge in [-0.05, 0) is 53.1 Å². The van der Waals surface area contributed by atoms with Crippen LogP contribution in [0.25, 0.3) is 11.0 Å². The lowest BCUT2D eigenvalue weighted by Gasteiger charge is -2.26. The van der Waals surface area contributed by atoms with E-state index in [4.69, 9.17) is 13.9 Å². The van der Waals surface area contributed by atoms with E-state index in [1.54, 1.807) is 48.7 Å². The molecule has 38 heavy (non-hydrogen) atoms. The molecule has 7 heteroatoms. The maximum atomic E-state index is 13.7. The molecule has 0 N–H and O–H groups in total. The van der Waals surface area contributed by atoms with Crippen LogP contribution in [0.1, 0.15) is 38.9 Å². The quantitative estimate of drug-likeness (QED) is 0.290. The third kappa shape index (κ3) is 4.18. The van der Waals surface area contributed by atoms with Crippen molar-refractivity contribution in [1.82, 2.24) is 9.88 Å². The zero-order valence-electron chi connectivity index (χ0n) is 20.7. The third-order valence-corrected chi connectivity index (χ3v) is 6.72. The molecule has 0 fully saturated rings. The average Bonchev–Trinajstić information content (AvgIpc) is 3.24. The van der Waals surface area contributed by atoms with Crippen LogP contribution in [-0.2, 0) is 13.2 Å². The van der Waals surface area contributed by atoms with Crippen LogP contribution in [0.2, 0.25) is 0 Å². The molecule has 0 saturated heterocycles. The first-order valence-corrected chi connectivity index (χ1v) is 12.2. The molecule has 1 aliphatic heterocycles. The number of carbonyl (C=O) groups excluding carboxylic acids is 1. The van der Waals surface area contributed by atoms with Gasteiger partial charge in [-0.25, -0.2) is 0 Å². The van der Waals surface area contributed by atoms with Crippen LogP contribution in [0.4, 0.5) is 0 Å². The molecular formula is C31H24N2O5. The van der Waals surface area contributed by atoms with Crippen molar-refractivity contribution in [2.75, 3.05) is 7.11 Å². The van der Waals surface area contributed by atoms with Gasteiger partial charge in [0.05, 0.1) is 24.1 Å². The molecule has 1 atom stereocenters. The van der Waals surface area contributed by atoms with Crippen LogP contribution < -0.4 is 14.9 Å². The van der Waals surface area contributed by atoms with Crippen molar-refractivity contribution in [2.24, 2.45) is 0 Å². The number of hydrogen-bond acceptors (Lipinski definition) is 6. The molecule has 5 aromatic rings. The molecular weight excluding hydrogens is 480 g/mol. The van der Waals surface area contributed by atoms with E-state index in [2.05, 4.69) is 4.98 Å². The Kier molecular flexibility index (Phi) is 6.09. The van der Waals surface area contributed by atoms with Gasteiger partial charge in [-0.1, -0.05) is 48.5 Å². The Balaban J connectivity index is 1.44. The Labute approximate surface area is 218 Å². The van der Waals surface area contributed by atoms with Gasteiger partial charge in [0.2, 0.25) is 5.76 Å². The number of carbonyl (C=O) groups is 1. The summed E-state index contributed by atoms with van der Waals surface area (Å²) in [7, 11) is 1.57. The Hall–Kier alpha value is -4.91. The molecule has 1 aliphatic rings. The summed E-state index contributed by atoms with van der Waals surface area (Å²) in [6.07, 6.45) is 3.36. The van der Waals surface area contributed by atoms with Gasteiger partial charge in [-0.15, -0.1) is 0 Å². The first-order valence-electron chi connectivity index (χ1n) is 12.2. The second kappa shape index (κ2) is 9.86. The maximum Gasteiger partial charge on any atom is 0.291 e. The maximum absolute atomic E-state index is 13.7. The van der Waals surface area contributed by atoms with Crippen molar-refractivity contribution in [2.45, 2.75) is 19.2 Å². The van der Waals surface area contributed by atoms with Crippen LogP contribution in [0.3, 0.4) is 0 Å². The van der Waals surface area contributed by atoms with E-state index < -0.39 is 6.04 Å². The van der Waals surface area contributed by atoms with Crippen molar-refractivity contribution in [3.8, 4) is 11.5 Å². The lowest BCUT2D eigenvalue weighted by Crippen LogP contribution is -2.29. The highest BCUT2D eigenvalue weighted by Gasteiger charge is 2.43. The molecule has 3 heterocycles. The molecule has 0 radical (unpaired) electrons. The average molecular weight is 505 g/mol. The number of fused-ring (bicyclic) bond motifs is 2. The van der Waals surface area contributed by atoms with Gasteiger partial charge in [0.15, 0.2) is 16.9 Å². The fourth-order valence-electron chi connectivity index (χ4n) is 4.87. The highest BCUT2D eigenvalue weighted by molar-refractivity contribution is 5.99. The van der Waals surface area contributed by atoms with Gasteiger partial charge >= 0.3 is 0 Å². The lowest BCUT2D eigenvalue weighted by atomic mass is 9.98. The number of nitrogens with zero attached hydrogens (tertiary/aromatic N) is 2. The molecule has 7 nitrogen and oxygen atoms in total. The summed E-state index contributed by atoms with van der Waals surface area (Å²) in [4.78, 5) is 33.1. The number of benzene rings is 3. The molecule has 1 amide bonds. The van der Waals surface area contributed by atoms with E-state index in [9.17, 15) is 9.59 Å². The first-order chi connectivity index (χ1) is 18.6. The minimum absolute atomic E-state index is 0.0659. The van der Waals surface area contributed by atoms with E-state index in [1.165, 1.54) is 0 Å².